The fourth-order valence-electron chi connectivity index (χ4n) is 1.92. The van der Waals surface area contributed by atoms with Crippen LogP contribution in [0.5, 0.6) is 0 Å². The van der Waals surface area contributed by atoms with Crippen molar-refractivity contribution in [1.29, 1.82) is 0 Å². The zero-order valence-corrected chi connectivity index (χ0v) is 10.5. The number of hydrogen-bond acceptors (Lipinski definition) is 5. The summed E-state index contributed by atoms with van der Waals surface area (Å²) in [6, 6.07) is -0.633. The van der Waals surface area contributed by atoms with Gasteiger partial charge in [-0.2, -0.15) is 0 Å². The van der Waals surface area contributed by atoms with E-state index in [0.29, 0.717) is 25.9 Å². The highest BCUT2D eigenvalue weighted by molar-refractivity contribution is 5.81. The highest BCUT2D eigenvalue weighted by atomic mass is 16.5. The number of amides is 1. The molecule has 0 radical (unpaired) electrons. The average Bonchev–Trinajstić information content (AvgIpc) is 2.36. The van der Waals surface area contributed by atoms with Crippen LogP contribution in [0.25, 0.3) is 0 Å². The minimum atomic E-state index is -0.976. The van der Waals surface area contributed by atoms with Crippen LogP contribution in [-0.4, -0.2) is 67.4 Å². The van der Waals surface area contributed by atoms with E-state index in [1.807, 2.05) is 0 Å². The Balaban J connectivity index is 2.30. The molecule has 7 nitrogen and oxygen atoms in total. The van der Waals surface area contributed by atoms with Crippen molar-refractivity contribution in [2.75, 3.05) is 33.4 Å². The summed E-state index contributed by atoms with van der Waals surface area (Å²) in [7, 11) is 1.50. The number of ether oxygens (including phenoxy) is 2. The first kappa shape index (κ1) is 14.9. The van der Waals surface area contributed by atoms with E-state index in [-0.39, 0.29) is 25.2 Å². The van der Waals surface area contributed by atoms with Gasteiger partial charge in [0.1, 0.15) is 12.6 Å². The number of piperidine rings is 1. The van der Waals surface area contributed by atoms with Gasteiger partial charge in [0.2, 0.25) is 5.91 Å². The molecule has 1 fully saturated rings. The molecule has 1 unspecified atom stereocenters. The summed E-state index contributed by atoms with van der Waals surface area (Å²) in [5.74, 6) is -1.11. The molecule has 0 aromatic carbocycles. The van der Waals surface area contributed by atoms with Gasteiger partial charge in [0.25, 0.3) is 0 Å². The maximum absolute atomic E-state index is 11.8. The lowest BCUT2D eigenvalue weighted by molar-refractivity contribution is -0.147. The lowest BCUT2D eigenvalue weighted by atomic mass is 10.1. The molecule has 1 saturated heterocycles. The fourth-order valence-corrected chi connectivity index (χ4v) is 1.92. The number of carboxylic acid groups (broad SMARTS) is 1. The molecule has 0 aromatic rings. The van der Waals surface area contributed by atoms with Crippen LogP contribution in [0.3, 0.4) is 0 Å². The van der Waals surface area contributed by atoms with Gasteiger partial charge in [-0.05, 0) is 12.8 Å². The molecule has 1 amide bonds. The van der Waals surface area contributed by atoms with Crippen molar-refractivity contribution in [1.82, 2.24) is 4.90 Å². The topological polar surface area (TPSA) is 102 Å². The SMILES string of the molecule is COCC(N)C(=O)N1CCC(OCC(=O)O)CC1. The van der Waals surface area contributed by atoms with Crippen molar-refractivity contribution < 1.29 is 24.2 Å². The molecular formula is C11H20N2O5. The molecule has 18 heavy (non-hydrogen) atoms. The lowest BCUT2D eigenvalue weighted by Gasteiger charge is -2.33. The molecule has 1 aliphatic rings. The third-order valence-corrected chi connectivity index (χ3v) is 2.86. The summed E-state index contributed by atoms with van der Waals surface area (Å²) < 4.78 is 10.0. The Bertz CT molecular complexity index is 289. The molecule has 1 rings (SSSR count). The van der Waals surface area contributed by atoms with Crippen molar-refractivity contribution in [2.24, 2.45) is 5.73 Å². The predicted octanol–water partition coefficient (Wildman–Crippen LogP) is -0.948. The number of methoxy groups -OCH3 is 1. The summed E-state index contributed by atoms with van der Waals surface area (Å²) in [5.41, 5.74) is 5.67. The van der Waals surface area contributed by atoms with E-state index >= 15 is 0 Å². The van der Waals surface area contributed by atoms with E-state index in [1.54, 1.807) is 4.90 Å². The van der Waals surface area contributed by atoms with Crippen LogP contribution < -0.4 is 5.73 Å². The van der Waals surface area contributed by atoms with Crippen LogP contribution in [0.4, 0.5) is 0 Å². The maximum Gasteiger partial charge on any atom is 0.329 e. The number of carboxylic acids is 1. The molecule has 0 aliphatic carbocycles. The molecule has 7 heteroatoms. The lowest BCUT2D eigenvalue weighted by Crippen LogP contribution is -2.50. The van der Waals surface area contributed by atoms with E-state index in [4.69, 9.17) is 20.3 Å². The second-order valence-corrected chi connectivity index (χ2v) is 4.29. The van der Waals surface area contributed by atoms with Gasteiger partial charge in [-0.1, -0.05) is 0 Å². The van der Waals surface area contributed by atoms with Gasteiger partial charge in [0.15, 0.2) is 0 Å². The van der Waals surface area contributed by atoms with Crippen LogP contribution >= 0.6 is 0 Å². The second-order valence-electron chi connectivity index (χ2n) is 4.29. The van der Waals surface area contributed by atoms with Crippen molar-refractivity contribution >= 4 is 11.9 Å². The zero-order valence-electron chi connectivity index (χ0n) is 10.5. The van der Waals surface area contributed by atoms with Crippen LogP contribution in [0.1, 0.15) is 12.8 Å². The smallest absolute Gasteiger partial charge is 0.329 e. The third-order valence-electron chi connectivity index (χ3n) is 2.86. The van der Waals surface area contributed by atoms with Crippen LogP contribution in [0.15, 0.2) is 0 Å². The number of hydrogen-bond donors (Lipinski definition) is 2. The molecular weight excluding hydrogens is 240 g/mol. The Morgan fingerprint density at radius 3 is 2.56 bits per heavy atom. The first-order valence-electron chi connectivity index (χ1n) is 5.91. The Morgan fingerprint density at radius 1 is 1.44 bits per heavy atom. The molecule has 3 N–H and O–H groups in total. The Morgan fingerprint density at radius 2 is 2.06 bits per heavy atom. The minimum Gasteiger partial charge on any atom is -0.480 e. The minimum absolute atomic E-state index is 0.0937. The number of nitrogens with zero attached hydrogens (tertiary/aromatic N) is 1. The largest absolute Gasteiger partial charge is 0.480 e. The first-order chi connectivity index (χ1) is 8.54. The molecule has 104 valence electrons. The molecule has 0 aromatic heterocycles. The van der Waals surface area contributed by atoms with Crippen molar-refractivity contribution in [3.05, 3.63) is 0 Å². The van der Waals surface area contributed by atoms with Gasteiger partial charge in [0.05, 0.1) is 12.7 Å². The van der Waals surface area contributed by atoms with E-state index in [9.17, 15) is 9.59 Å². The summed E-state index contributed by atoms with van der Waals surface area (Å²) in [5, 5.41) is 8.50. The molecule has 1 aliphatic heterocycles. The van der Waals surface area contributed by atoms with Crippen molar-refractivity contribution in [3.63, 3.8) is 0 Å². The molecule has 1 atom stereocenters. The van der Waals surface area contributed by atoms with Crippen LogP contribution in [0, 0.1) is 0 Å². The van der Waals surface area contributed by atoms with E-state index in [2.05, 4.69) is 0 Å². The summed E-state index contributed by atoms with van der Waals surface area (Å²) in [4.78, 5) is 23.9. The van der Waals surface area contributed by atoms with Gasteiger partial charge < -0.3 is 25.2 Å². The highest BCUT2D eigenvalue weighted by Crippen LogP contribution is 2.14. The molecule has 1 heterocycles. The number of rotatable bonds is 6. The third kappa shape index (κ3) is 4.59. The Labute approximate surface area is 106 Å². The Kier molecular flexibility index (Phi) is 6.03. The van der Waals surface area contributed by atoms with Gasteiger partial charge in [-0.3, -0.25) is 4.79 Å². The zero-order chi connectivity index (χ0) is 13.5. The van der Waals surface area contributed by atoms with Gasteiger partial charge in [0, 0.05) is 20.2 Å². The maximum atomic E-state index is 11.8. The summed E-state index contributed by atoms with van der Waals surface area (Å²) >= 11 is 0. The van der Waals surface area contributed by atoms with E-state index < -0.39 is 12.0 Å². The number of carbonyl (C=O) groups excluding carboxylic acids is 1. The standard InChI is InChI=1S/C11H20N2O5/c1-17-6-9(12)11(16)13-4-2-8(3-5-13)18-7-10(14)15/h8-9H,2-7,12H2,1H3,(H,14,15). The first-order valence-corrected chi connectivity index (χ1v) is 5.91. The average molecular weight is 260 g/mol. The molecule has 0 saturated carbocycles. The van der Waals surface area contributed by atoms with Gasteiger partial charge in [-0.15, -0.1) is 0 Å². The fraction of sp³-hybridized carbons (Fsp3) is 0.818. The summed E-state index contributed by atoms with van der Waals surface area (Å²) in [6.45, 7) is 0.997. The number of likely N-dealkylation sites (tertiary alicyclic amines) is 1. The van der Waals surface area contributed by atoms with Crippen molar-refractivity contribution in [3.8, 4) is 0 Å². The van der Waals surface area contributed by atoms with E-state index in [1.165, 1.54) is 7.11 Å². The number of nitrogens with two attached hydrogens (primary N) is 1. The summed E-state index contributed by atoms with van der Waals surface area (Å²) in [6.07, 6.45) is 1.18. The normalized spacial score (nSPS) is 18.7. The van der Waals surface area contributed by atoms with Crippen LogP contribution in [0.2, 0.25) is 0 Å². The molecule has 0 bridgehead atoms. The van der Waals surface area contributed by atoms with Crippen molar-refractivity contribution in [2.45, 2.75) is 25.0 Å². The Hall–Kier alpha value is -1.18. The van der Waals surface area contributed by atoms with Gasteiger partial charge >= 0.3 is 5.97 Å². The quantitative estimate of drug-likeness (QED) is 0.638. The monoisotopic (exact) mass is 260 g/mol. The second kappa shape index (κ2) is 7.30. The predicted molar refractivity (Wildman–Crippen MR) is 63.0 cm³/mol. The number of carbonyl (C=O) groups is 2. The molecule has 0 spiro atoms. The van der Waals surface area contributed by atoms with Gasteiger partial charge in [-0.25, -0.2) is 4.79 Å². The highest BCUT2D eigenvalue weighted by Gasteiger charge is 2.26. The van der Waals surface area contributed by atoms with E-state index in [0.717, 1.165) is 0 Å². The number of aliphatic carboxylic acids is 1. The van der Waals surface area contributed by atoms with Crippen LogP contribution in [-0.2, 0) is 19.1 Å².